The van der Waals surface area contributed by atoms with Crippen molar-refractivity contribution in [1.29, 1.82) is 0 Å². The summed E-state index contributed by atoms with van der Waals surface area (Å²) in [7, 11) is 2.14. The Kier molecular flexibility index (Phi) is 7.33. The van der Waals surface area contributed by atoms with Crippen LogP contribution in [0.4, 0.5) is 17.1 Å². The van der Waals surface area contributed by atoms with Gasteiger partial charge >= 0.3 is 0 Å². The van der Waals surface area contributed by atoms with Crippen molar-refractivity contribution in [3.05, 3.63) is 60.9 Å². The molecule has 8 nitrogen and oxygen atoms in total. The number of nitrogens with zero attached hydrogens (tertiary/aromatic N) is 3. The second-order valence-corrected chi connectivity index (χ2v) is 9.01. The van der Waals surface area contributed by atoms with Crippen LogP contribution in [-0.4, -0.2) is 55.6 Å². The van der Waals surface area contributed by atoms with Gasteiger partial charge in [0.1, 0.15) is 5.75 Å². The van der Waals surface area contributed by atoms with Gasteiger partial charge in [0, 0.05) is 53.9 Å². The summed E-state index contributed by atoms with van der Waals surface area (Å²) in [6.45, 7) is 3.80. The van der Waals surface area contributed by atoms with Crippen LogP contribution in [0.25, 0.3) is 0 Å². The number of carbonyl (C=O) groups excluding carboxylic acids is 1. The van der Waals surface area contributed by atoms with E-state index < -0.39 is 0 Å². The van der Waals surface area contributed by atoms with Gasteiger partial charge in [-0.3, -0.25) is 9.78 Å². The van der Waals surface area contributed by atoms with E-state index in [1.807, 2.05) is 36.4 Å². The quantitative estimate of drug-likeness (QED) is 0.457. The number of rotatable bonds is 7. The minimum absolute atomic E-state index is 0.0736. The molecule has 1 aliphatic heterocycles. The number of aromatic nitrogens is 1. The summed E-state index contributed by atoms with van der Waals surface area (Å²) in [4.78, 5) is 22.4. The predicted molar refractivity (Wildman–Crippen MR) is 133 cm³/mol. The van der Waals surface area contributed by atoms with Crippen LogP contribution in [0.2, 0.25) is 0 Å². The van der Waals surface area contributed by atoms with Crippen molar-refractivity contribution in [1.82, 2.24) is 9.88 Å². The second-order valence-electron chi connectivity index (χ2n) is 7.86. The molecule has 5 N–H and O–H groups in total. The number of benzene rings is 2. The molecule has 9 heteroatoms. The number of pyridine rings is 1. The van der Waals surface area contributed by atoms with Gasteiger partial charge in [0.25, 0.3) is 0 Å². The zero-order valence-electron chi connectivity index (χ0n) is 18.5. The molecule has 0 radical (unpaired) electrons. The van der Waals surface area contributed by atoms with Crippen molar-refractivity contribution >= 4 is 34.7 Å². The Morgan fingerprint density at radius 2 is 1.91 bits per heavy atom. The van der Waals surface area contributed by atoms with Crippen LogP contribution in [0.3, 0.4) is 0 Å². The van der Waals surface area contributed by atoms with E-state index >= 15 is 0 Å². The third-order valence-electron chi connectivity index (χ3n) is 5.28. The SMILES string of the molecule is CN1CCN(c2ccc(Sc3cncc(NC(=O)CN)c3)cc2Oc2cccc(N)c2)CC1. The first-order valence-electron chi connectivity index (χ1n) is 10.7. The molecule has 0 saturated carbocycles. The molecular weight excluding hydrogens is 436 g/mol. The molecule has 1 saturated heterocycles. The monoisotopic (exact) mass is 464 g/mol. The molecule has 1 aliphatic rings. The second kappa shape index (κ2) is 10.6. The number of ether oxygens (including phenoxy) is 1. The van der Waals surface area contributed by atoms with E-state index in [-0.39, 0.29) is 12.5 Å². The average Bonchev–Trinajstić information content (AvgIpc) is 2.80. The summed E-state index contributed by atoms with van der Waals surface area (Å²) in [6.07, 6.45) is 3.36. The van der Waals surface area contributed by atoms with Gasteiger partial charge in [0.2, 0.25) is 5.91 Å². The Labute approximate surface area is 197 Å². The summed E-state index contributed by atoms with van der Waals surface area (Å²) in [5.74, 6) is 1.21. The lowest BCUT2D eigenvalue weighted by atomic mass is 10.2. The Morgan fingerprint density at radius 1 is 1.09 bits per heavy atom. The molecule has 0 unspecified atom stereocenters. The van der Waals surface area contributed by atoms with Gasteiger partial charge in [-0.1, -0.05) is 17.8 Å². The molecule has 4 rings (SSSR count). The molecule has 33 heavy (non-hydrogen) atoms. The highest BCUT2D eigenvalue weighted by Crippen LogP contribution is 2.39. The Morgan fingerprint density at radius 3 is 2.67 bits per heavy atom. The lowest BCUT2D eigenvalue weighted by Crippen LogP contribution is -2.44. The number of anilines is 3. The van der Waals surface area contributed by atoms with E-state index in [0.717, 1.165) is 47.4 Å². The van der Waals surface area contributed by atoms with Gasteiger partial charge in [-0.05, 0) is 43.4 Å². The van der Waals surface area contributed by atoms with Crippen LogP contribution in [0.1, 0.15) is 0 Å². The Hall–Kier alpha value is -3.27. The van der Waals surface area contributed by atoms with Gasteiger partial charge in [0.05, 0.1) is 24.1 Å². The van der Waals surface area contributed by atoms with Gasteiger partial charge in [0.15, 0.2) is 5.75 Å². The third kappa shape index (κ3) is 6.16. The third-order valence-corrected chi connectivity index (χ3v) is 6.23. The zero-order valence-corrected chi connectivity index (χ0v) is 19.3. The molecule has 1 fully saturated rings. The summed E-state index contributed by atoms with van der Waals surface area (Å²) in [5.41, 5.74) is 13.7. The fourth-order valence-electron chi connectivity index (χ4n) is 3.54. The molecule has 2 heterocycles. The number of piperazine rings is 1. The van der Waals surface area contributed by atoms with Gasteiger partial charge in [-0.25, -0.2) is 0 Å². The minimum Gasteiger partial charge on any atom is -0.455 e. The first kappa shape index (κ1) is 22.9. The summed E-state index contributed by atoms with van der Waals surface area (Å²) < 4.78 is 6.30. The maximum Gasteiger partial charge on any atom is 0.238 e. The van der Waals surface area contributed by atoms with Crippen LogP contribution < -0.4 is 26.4 Å². The standard InChI is InChI=1S/C24H28N6O2S/c1-29-7-9-30(10-8-29)22-6-5-20(13-23(22)32-19-4-2-3-17(26)11-19)33-21-12-18(15-27-16-21)28-24(31)14-25/h2-6,11-13,15-16H,7-10,14,25-26H2,1H3,(H,28,31). The Bertz CT molecular complexity index is 1120. The van der Waals surface area contributed by atoms with E-state index in [1.54, 1.807) is 24.2 Å². The highest BCUT2D eigenvalue weighted by molar-refractivity contribution is 7.99. The molecular formula is C24H28N6O2S. The topological polar surface area (TPSA) is 110 Å². The van der Waals surface area contributed by atoms with Crippen LogP contribution in [0.5, 0.6) is 11.5 Å². The summed E-state index contributed by atoms with van der Waals surface area (Å²) in [6, 6.07) is 15.5. The number of likely N-dealkylation sites (N-methyl/N-ethyl adjacent to an activating group) is 1. The molecule has 1 aromatic heterocycles. The average molecular weight is 465 g/mol. The van der Waals surface area contributed by atoms with E-state index in [4.69, 9.17) is 16.2 Å². The van der Waals surface area contributed by atoms with Crippen molar-refractivity contribution in [2.75, 3.05) is 55.7 Å². The van der Waals surface area contributed by atoms with Crippen molar-refractivity contribution in [3.8, 4) is 11.5 Å². The van der Waals surface area contributed by atoms with E-state index in [2.05, 4.69) is 39.3 Å². The lowest BCUT2D eigenvalue weighted by molar-refractivity contribution is -0.114. The number of nitrogen functional groups attached to an aromatic ring is 1. The molecule has 1 amide bonds. The molecule has 3 aromatic rings. The first-order chi connectivity index (χ1) is 16.0. The highest BCUT2D eigenvalue weighted by atomic mass is 32.2. The van der Waals surface area contributed by atoms with Crippen molar-refractivity contribution < 1.29 is 9.53 Å². The highest BCUT2D eigenvalue weighted by Gasteiger charge is 2.19. The zero-order chi connectivity index (χ0) is 23.2. The fourth-order valence-corrected chi connectivity index (χ4v) is 4.42. The van der Waals surface area contributed by atoms with Crippen molar-refractivity contribution in [2.45, 2.75) is 9.79 Å². The molecule has 0 bridgehead atoms. The normalized spacial score (nSPS) is 14.2. The Balaban J connectivity index is 1.60. The molecule has 172 valence electrons. The summed E-state index contributed by atoms with van der Waals surface area (Å²) in [5, 5.41) is 2.74. The number of hydrogen-bond acceptors (Lipinski definition) is 8. The lowest BCUT2D eigenvalue weighted by Gasteiger charge is -2.35. The van der Waals surface area contributed by atoms with E-state index in [0.29, 0.717) is 17.1 Å². The minimum atomic E-state index is -0.256. The van der Waals surface area contributed by atoms with Crippen LogP contribution in [-0.2, 0) is 4.79 Å². The van der Waals surface area contributed by atoms with Crippen molar-refractivity contribution in [2.24, 2.45) is 5.73 Å². The number of nitrogens with one attached hydrogen (secondary N) is 1. The molecule has 0 atom stereocenters. The van der Waals surface area contributed by atoms with Gasteiger partial charge in [-0.2, -0.15) is 0 Å². The fraction of sp³-hybridized carbons (Fsp3) is 0.250. The summed E-state index contributed by atoms with van der Waals surface area (Å²) >= 11 is 1.54. The number of carbonyl (C=O) groups is 1. The number of hydrogen-bond donors (Lipinski definition) is 3. The number of nitrogens with two attached hydrogens (primary N) is 2. The van der Waals surface area contributed by atoms with E-state index in [1.165, 1.54) is 0 Å². The molecule has 0 aliphatic carbocycles. The van der Waals surface area contributed by atoms with Gasteiger partial charge < -0.3 is 31.3 Å². The van der Waals surface area contributed by atoms with Crippen LogP contribution >= 0.6 is 11.8 Å². The number of amides is 1. The maximum atomic E-state index is 11.6. The van der Waals surface area contributed by atoms with Crippen LogP contribution in [0.15, 0.2) is 70.7 Å². The van der Waals surface area contributed by atoms with Crippen LogP contribution in [0, 0.1) is 0 Å². The van der Waals surface area contributed by atoms with E-state index in [9.17, 15) is 4.79 Å². The largest absolute Gasteiger partial charge is 0.455 e. The predicted octanol–water partition coefficient (Wildman–Crippen LogP) is 3.26. The van der Waals surface area contributed by atoms with Crippen molar-refractivity contribution in [3.63, 3.8) is 0 Å². The van der Waals surface area contributed by atoms with Gasteiger partial charge in [-0.15, -0.1) is 0 Å². The maximum absolute atomic E-state index is 11.6. The first-order valence-corrected chi connectivity index (χ1v) is 11.6. The molecule has 0 spiro atoms. The smallest absolute Gasteiger partial charge is 0.238 e. The molecule has 2 aromatic carbocycles.